The third-order valence-electron chi connectivity index (χ3n) is 3.54. The Morgan fingerprint density at radius 1 is 1.33 bits per heavy atom. The molecule has 8 heteroatoms. The molecule has 1 aromatic heterocycles. The summed E-state index contributed by atoms with van der Waals surface area (Å²) in [7, 11) is 0. The van der Waals surface area contributed by atoms with Crippen LogP contribution in [0, 0.1) is 11.7 Å². The topological polar surface area (TPSA) is 83.2 Å². The van der Waals surface area contributed by atoms with Crippen molar-refractivity contribution in [2.24, 2.45) is 5.92 Å². The van der Waals surface area contributed by atoms with Gasteiger partial charge in [0.1, 0.15) is 11.6 Å². The molecule has 2 aromatic rings. The minimum absolute atomic E-state index is 0.0937. The third-order valence-corrected chi connectivity index (χ3v) is 4.03. The van der Waals surface area contributed by atoms with Crippen molar-refractivity contribution >= 4 is 33.3 Å². The molecule has 0 unspecified atom stereocenters. The van der Waals surface area contributed by atoms with Crippen molar-refractivity contribution < 1.29 is 14.0 Å². The Kier molecular flexibility index (Phi) is 4.96. The maximum atomic E-state index is 14.0. The molecule has 0 atom stereocenters. The smallest absolute Gasteiger partial charge is 0.278 e. The van der Waals surface area contributed by atoms with E-state index in [4.69, 9.17) is 4.84 Å². The van der Waals surface area contributed by atoms with Crippen LogP contribution >= 0.6 is 15.9 Å². The molecule has 1 amide bonds. The normalized spacial score (nSPS) is 13.6. The van der Waals surface area contributed by atoms with Crippen LogP contribution in [0.5, 0.6) is 0 Å². The minimum Gasteiger partial charge on any atom is -0.339 e. The Hall–Kier alpha value is -2.19. The molecule has 6 nitrogen and oxygen atoms in total. The van der Waals surface area contributed by atoms with Gasteiger partial charge in [0.25, 0.3) is 5.91 Å². The van der Waals surface area contributed by atoms with E-state index >= 15 is 0 Å². The number of anilines is 2. The Balaban J connectivity index is 1.79. The number of hydroxylamine groups is 1. The van der Waals surface area contributed by atoms with Gasteiger partial charge in [-0.3, -0.25) is 14.4 Å². The molecule has 1 aromatic carbocycles. The fraction of sp³-hybridized carbons (Fsp3) is 0.250. The van der Waals surface area contributed by atoms with Crippen LogP contribution in [0.25, 0.3) is 0 Å². The van der Waals surface area contributed by atoms with E-state index in [9.17, 15) is 14.0 Å². The summed E-state index contributed by atoms with van der Waals surface area (Å²) in [6.07, 6.45) is 2.20. The van der Waals surface area contributed by atoms with Crippen molar-refractivity contribution in [3.8, 4) is 0 Å². The fourth-order valence-electron chi connectivity index (χ4n) is 2.05. The molecule has 1 heterocycles. The summed E-state index contributed by atoms with van der Waals surface area (Å²) in [4.78, 5) is 31.4. The number of rotatable bonds is 6. The van der Waals surface area contributed by atoms with E-state index in [1.807, 2.05) is 0 Å². The number of carbonyl (C=O) groups excluding carboxylic acids is 1. The van der Waals surface area contributed by atoms with Crippen LogP contribution in [0.15, 0.2) is 39.6 Å². The molecule has 1 fully saturated rings. The van der Waals surface area contributed by atoms with Crippen molar-refractivity contribution in [1.29, 1.82) is 0 Å². The molecule has 1 aliphatic carbocycles. The van der Waals surface area contributed by atoms with Gasteiger partial charge in [-0.25, -0.2) is 9.87 Å². The first-order chi connectivity index (χ1) is 11.5. The van der Waals surface area contributed by atoms with Crippen LogP contribution in [-0.4, -0.2) is 17.5 Å². The zero-order valence-corrected chi connectivity index (χ0v) is 14.2. The molecule has 0 saturated heterocycles. The number of halogens is 2. The Bertz CT molecular complexity index is 820. The van der Waals surface area contributed by atoms with Crippen LogP contribution in [0.1, 0.15) is 23.2 Å². The third kappa shape index (κ3) is 4.21. The summed E-state index contributed by atoms with van der Waals surface area (Å²) in [6, 6.07) is 7.00. The van der Waals surface area contributed by atoms with E-state index in [1.54, 1.807) is 6.07 Å². The molecule has 0 bridgehead atoms. The minimum atomic E-state index is -0.523. The van der Waals surface area contributed by atoms with Gasteiger partial charge in [0.15, 0.2) is 0 Å². The summed E-state index contributed by atoms with van der Waals surface area (Å²) in [5.41, 5.74) is 2.20. The monoisotopic (exact) mass is 395 g/mol. The lowest BCUT2D eigenvalue weighted by molar-refractivity contribution is 0.0270. The molecule has 0 radical (unpaired) electrons. The average Bonchev–Trinajstić information content (AvgIpc) is 3.34. The van der Waals surface area contributed by atoms with Gasteiger partial charge in [0.2, 0.25) is 5.56 Å². The van der Waals surface area contributed by atoms with Crippen molar-refractivity contribution in [3.05, 3.63) is 56.5 Å². The van der Waals surface area contributed by atoms with Crippen LogP contribution < -0.4 is 16.4 Å². The molecule has 3 rings (SSSR count). The van der Waals surface area contributed by atoms with Gasteiger partial charge in [-0.05, 0) is 43.0 Å². The van der Waals surface area contributed by atoms with Gasteiger partial charge in [0.05, 0.1) is 17.9 Å². The lowest BCUT2D eigenvalue weighted by Gasteiger charge is -2.12. The molecule has 3 N–H and O–H groups in total. The van der Waals surface area contributed by atoms with Gasteiger partial charge < -0.3 is 10.3 Å². The molecule has 1 aliphatic rings. The second kappa shape index (κ2) is 7.14. The highest BCUT2D eigenvalue weighted by atomic mass is 79.9. The van der Waals surface area contributed by atoms with Gasteiger partial charge in [0, 0.05) is 10.5 Å². The number of carbonyl (C=O) groups is 1. The molecule has 0 spiro atoms. The molecular weight excluding hydrogens is 381 g/mol. The lowest BCUT2D eigenvalue weighted by atomic mass is 10.2. The Morgan fingerprint density at radius 3 is 2.83 bits per heavy atom. The standard InChI is InChI=1S/C16H15BrFN3O3/c17-10-3-5-13(12(18)7-10)19-15-11(4-6-14(22)20-15)16(23)21-24-8-9-1-2-9/h3-7,9H,1-2,8H2,(H,21,23)(H2,19,20,22). The molecule has 0 aliphatic heterocycles. The van der Waals surface area contributed by atoms with Crippen LogP contribution in [0.3, 0.4) is 0 Å². The molecular formula is C16H15BrFN3O3. The number of H-pyrrole nitrogens is 1. The predicted octanol–water partition coefficient (Wildman–Crippen LogP) is 3.09. The zero-order valence-electron chi connectivity index (χ0n) is 12.6. The Labute approximate surface area is 145 Å². The van der Waals surface area contributed by atoms with E-state index in [2.05, 4.69) is 31.7 Å². The average molecular weight is 396 g/mol. The van der Waals surface area contributed by atoms with Gasteiger partial charge in [-0.15, -0.1) is 0 Å². The lowest BCUT2D eigenvalue weighted by Crippen LogP contribution is -2.26. The van der Waals surface area contributed by atoms with E-state index < -0.39 is 17.3 Å². The van der Waals surface area contributed by atoms with Gasteiger partial charge >= 0.3 is 0 Å². The number of pyridine rings is 1. The van der Waals surface area contributed by atoms with Gasteiger partial charge in [-0.1, -0.05) is 15.9 Å². The summed E-state index contributed by atoms with van der Waals surface area (Å²) in [6.45, 7) is 0.458. The van der Waals surface area contributed by atoms with E-state index in [-0.39, 0.29) is 17.1 Å². The number of hydrogen-bond acceptors (Lipinski definition) is 4. The highest BCUT2D eigenvalue weighted by molar-refractivity contribution is 9.10. The summed E-state index contributed by atoms with van der Waals surface area (Å²) in [5, 5.41) is 2.73. The predicted molar refractivity (Wildman–Crippen MR) is 90.6 cm³/mol. The van der Waals surface area contributed by atoms with Crippen LogP contribution in [-0.2, 0) is 4.84 Å². The van der Waals surface area contributed by atoms with Crippen molar-refractivity contribution in [2.45, 2.75) is 12.8 Å². The summed E-state index contributed by atoms with van der Waals surface area (Å²) >= 11 is 3.17. The van der Waals surface area contributed by atoms with Crippen LogP contribution in [0.2, 0.25) is 0 Å². The number of aromatic amines is 1. The van der Waals surface area contributed by atoms with E-state index in [0.717, 1.165) is 12.8 Å². The number of aromatic nitrogens is 1. The zero-order chi connectivity index (χ0) is 17.1. The second-order valence-electron chi connectivity index (χ2n) is 5.55. The summed E-state index contributed by atoms with van der Waals surface area (Å²) in [5.74, 6) is -0.455. The molecule has 24 heavy (non-hydrogen) atoms. The van der Waals surface area contributed by atoms with Crippen LogP contribution in [0.4, 0.5) is 15.9 Å². The van der Waals surface area contributed by atoms with Crippen molar-refractivity contribution in [2.75, 3.05) is 11.9 Å². The fourth-order valence-corrected chi connectivity index (χ4v) is 2.39. The van der Waals surface area contributed by atoms with Crippen molar-refractivity contribution in [3.63, 3.8) is 0 Å². The highest BCUT2D eigenvalue weighted by Crippen LogP contribution is 2.28. The molecule has 126 valence electrons. The number of nitrogens with one attached hydrogen (secondary N) is 3. The quantitative estimate of drug-likeness (QED) is 0.656. The Morgan fingerprint density at radius 2 is 2.12 bits per heavy atom. The van der Waals surface area contributed by atoms with E-state index in [1.165, 1.54) is 24.3 Å². The highest BCUT2D eigenvalue weighted by Gasteiger charge is 2.22. The first-order valence-corrected chi connectivity index (χ1v) is 8.20. The first kappa shape index (κ1) is 16.7. The maximum Gasteiger partial charge on any atom is 0.278 e. The van der Waals surface area contributed by atoms with Gasteiger partial charge in [-0.2, -0.15) is 0 Å². The van der Waals surface area contributed by atoms with Crippen molar-refractivity contribution in [1.82, 2.24) is 10.5 Å². The number of benzene rings is 1. The van der Waals surface area contributed by atoms with E-state index in [0.29, 0.717) is 17.0 Å². The summed E-state index contributed by atoms with van der Waals surface area (Å²) < 4.78 is 14.5. The molecule has 1 saturated carbocycles. The maximum absolute atomic E-state index is 14.0. The number of amides is 1. The number of hydrogen-bond donors (Lipinski definition) is 3. The second-order valence-corrected chi connectivity index (χ2v) is 6.46. The largest absolute Gasteiger partial charge is 0.339 e. The SMILES string of the molecule is O=C(NOCC1CC1)c1ccc(=O)[nH]c1Nc1ccc(Br)cc1F. The first-order valence-electron chi connectivity index (χ1n) is 7.40.